The maximum atomic E-state index is 13.4. The third kappa shape index (κ3) is 11.4. The van der Waals surface area contributed by atoms with Gasteiger partial charge in [-0.05, 0) is 50.9 Å². The van der Waals surface area contributed by atoms with Crippen LogP contribution in [0.5, 0.6) is 0 Å². The van der Waals surface area contributed by atoms with Gasteiger partial charge in [-0.25, -0.2) is 13.3 Å². The van der Waals surface area contributed by atoms with E-state index >= 15 is 0 Å². The second kappa shape index (κ2) is 18.6. The number of rotatable bonds is 20. The lowest BCUT2D eigenvalue weighted by molar-refractivity contribution is -0.138. The first-order chi connectivity index (χ1) is 22.4. The Bertz CT molecular complexity index is 1390. The van der Waals surface area contributed by atoms with Crippen molar-refractivity contribution in [2.45, 2.75) is 58.0 Å². The van der Waals surface area contributed by atoms with Gasteiger partial charge < -0.3 is 19.1 Å². The average molecular weight is 687 g/mol. The zero-order chi connectivity index (χ0) is 34.5. The van der Waals surface area contributed by atoms with E-state index in [0.717, 1.165) is 49.6 Å². The van der Waals surface area contributed by atoms with Crippen molar-refractivity contribution < 1.29 is 45.4 Å². The Morgan fingerprint density at radius 3 is 2.13 bits per heavy atom. The monoisotopic (exact) mass is 686 g/mol. The van der Waals surface area contributed by atoms with Crippen molar-refractivity contribution >= 4 is 27.5 Å². The number of piperazine rings is 1. The summed E-state index contributed by atoms with van der Waals surface area (Å²) in [5.74, 6) is -1.32. The highest BCUT2D eigenvalue weighted by Gasteiger charge is 2.39. The van der Waals surface area contributed by atoms with E-state index in [1.54, 1.807) is 7.11 Å². The number of carbonyl (C=O) groups excluding carboxylic acids is 2. The molecule has 2 amide bonds. The van der Waals surface area contributed by atoms with Crippen molar-refractivity contribution in [3.05, 3.63) is 40.5 Å². The third-order valence-electron chi connectivity index (χ3n) is 8.29. The van der Waals surface area contributed by atoms with Crippen LogP contribution in [0.2, 0.25) is 0 Å². The van der Waals surface area contributed by atoms with Crippen LogP contribution in [0.3, 0.4) is 0 Å². The first-order valence-electron chi connectivity index (χ1n) is 15.9. The average Bonchev–Trinajstić information content (AvgIpc) is 3.25. The van der Waals surface area contributed by atoms with Gasteiger partial charge in [0.1, 0.15) is 0 Å². The van der Waals surface area contributed by atoms with Crippen molar-refractivity contribution in [1.82, 2.24) is 9.21 Å². The van der Waals surface area contributed by atoms with E-state index in [1.807, 2.05) is 0 Å². The van der Waals surface area contributed by atoms with E-state index in [2.05, 4.69) is 4.90 Å². The topological polar surface area (TPSA) is 129 Å². The molecule has 47 heavy (non-hydrogen) atoms. The predicted molar refractivity (Wildman–Crippen MR) is 169 cm³/mol. The van der Waals surface area contributed by atoms with E-state index < -0.39 is 39.1 Å². The van der Waals surface area contributed by atoms with Gasteiger partial charge >= 0.3 is 6.18 Å². The van der Waals surface area contributed by atoms with Crippen LogP contribution in [0.15, 0.2) is 29.3 Å². The smallest absolute Gasteiger partial charge is 0.382 e. The quantitative estimate of drug-likeness (QED) is 0.147. The summed E-state index contributed by atoms with van der Waals surface area (Å²) in [6, 6.07) is 4.33. The van der Waals surface area contributed by atoms with Crippen LogP contribution in [0, 0.1) is 11.3 Å². The van der Waals surface area contributed by atoms with E-state index in [4.69, 9.17) is 19.5 Å². The number of methoxy groups -OCH3 is 1. The predicted octanol–water partition coefficient (Wildman–Crippen LogP) is 4.12. The lowest BCUT2D eigenvalue weighted by Gasteiger charge is -2.34. The summed E-state index contributed by atoms with van der Waals surface area (Å²) in [5.41, 5.74) is -1.43. The van der Waals surface area contributed by atoms with Gasteiger partial charge in [-0.2, -0.15) is 22.7 Å². The van der Waals surface area contributed by atoms with Crippen molar-refractivity contribution in [2.24, 2.45) is 0 Å². The number of sulfonamides is 1. The number of benzene rings is 1. The van der Waals surface area contributed by atoms with Gasteiger partial charge in [0.05, 0.1) is 61.7 Å². The summed E-state index contributed by atoms with van der Waals surface area (Å²) in [6.07, 6.45) is 1.01. The number of nitrogens with zero attached hydrogens (tertiary/aromatic N) is 4. The molecule has 1 fully saturated rings. The second-order valence-corrected chi connectivity index (χ2v) is 13.6. The van der Waals surface area contributed by atoms with Gasteiger partial charge in [0.15, 0.2) is 0 Å². The van der Waals surface area contributed by atoms with Gasteiger partial charge in [0, 0.05) is 44.4 Å². The number of unbranched alkanes of at least 4 members (excludes halogenated alkanes) is 5. The second-order valence-electron chi connectivity index (χ2n) is 11.5. The zero-order valence-electron chi connectivity index (χ0n) is 27.1. The number of alkyl halides is 3. The van der Waals surface area contributed by atoms with Crippen molar-refractivity contribution in [3.8, 4) is 6.07 Å². The van der Waals surface area contributed by atoms with Gasteiger partial charge in [-0.15, -0.1) is 0 Å². The molecule has 262 valence electrons. The van der Waals surface area contributed by atoms with Gasteiger partial charge in [0.25, 0.3) is 11.8 Å². The Hall–Kier alpha value is -2.87. The largest absolute Gasteiger partial charge is 0.417 e. The summed E-state index contributed by atoms with van der Waals surface area (Å²) < 4.78 is 82.6. The summed E-state index contributed by atoms with van der Waals surface area (Å²) in [4.78, 5) is 28.9. The molecule has 1 aromatic carbocycles. The Balaban J connectivity index is 1.29. The van der Waals surface area contributed by atoms with E-state index in [0.29, 0.717) is 77.1 Å². The Labute approximate surface area is 275 Å². The highest BCUT2D eigenvalue weighted by molar-refractivity contribution is 7.89. The Morgan fingerprint density at radius 1 is 0.872 bits per heavy atom. The summed E-state index contributed by atoms with van der Waals surface area (Å²) in [7, 11) is -1.77. The molecule has 3 rings (SSSR count). The van der Waals surface area contributed by atoms with E-state index in [9.17, 15) is 31.2 Å². The standard InChI is InChI=1S/C32H45F3N4O7S/c1-25-28(31(41)39(30(25)40)27-11-10-26(24-36)29(23-27)32(33,34)35)9-7-5-3-4-6-8-12-37-13-15-38(16-14-37)47(42,43)22-21-46-20-19-45-18-17-44-2/h10-11,23H,3-9,12-22H2,1-2H3. The highest BCUT2D eigenvalue weighted by atomic mass is 32.2. The fourth-order valence-electron chi connectivity index (χ4n) is 5.55. The van der Waals surface area contributed by atoms with Crippen LogP contribution in [-0.4, -0.2) is 108 Å². The van der Waals surface area contributed by atoms with Gasteiger partial charge in [-0.1, -0.05) is 25.7 Å². The molecular formula is C32H45F3N4O7S. The van der Waals surface area contributed by atoms with Crippen LogP contribution < -0.4 is 4.90 Å². The zero-order valence-corrected chi connectivity index (χ0v) is 28.0. The summed E-state index contributed by atoms with van der Waals surface area (Å²) in [5, 5.41) is 9.03. The molecule has 0 unspecified atom stereocenters. The molecule has 2 aliphatic heterocycles. The first kappa shape index (κ1) is 38.6. The number of halogens is 3. The number of ether oxygens (including phenoxy) is 3. The highest BCUT2D eigenvalue weighted by Crippen LogP contribution is 2.37. The lowest BCUT2D eigenvalue weighted by Crippen LogP contribution is -2.49. The number of carbonyl (C=O) groups is 2. The number of nitriles is 1. The van der Waals surface area contributed by atoms with Crippen LogP contribution >= 0.6 is 0 Å². The lowest BCUT2D eigenvalue weighted by atomic mass is 10.0. The molecule has 0 saturated carbocycles. The van der Waals surface area contributed by atoms with Crippen LogP contribution in [0.1, 0.15) is 63.0 Å². The molecule has 0 aliphatic carbocycles. The molecule has 0 N–H and O–H groups in total. The minimum absolute atomic E-state index is 0.0510. The SMILES string of the molecule is COCCOCCOCCS(=O)(=O)N1CCN(CCCCCCCCC2=C(C)C(=O)N(c3ccc(C#N)c(C(F)(F)F)c3)C2=O)CC1. The number of imide groups is 1. The Kier molecular flexibility index (Phi) is 15.3. The van der Waals surface area contributed by atoms with Gasteiger partial charge in [0.2, 0.25) is 10.0 Å². The first-order valence-corrected chi connectivity index (χ1v) is 17.6. The number of hydrogen-bond donors (Lipinski definition) is 0. The third-order valence-corrected chi connectivity index (χ3v) is 10.1. The molecule has 0 bridgehead atoms. The minimum atomic E-state index is -4.80. The Morgan fingerprint density at radius 2 is 1.49 bits per heavy atom. The molecule has 11 nitrogen and oxygen atoms in total. The fraction of sp³-hybridized carbons (Fsp3) is 0.656. The molecule has 2 heterocycles. The summed E-state index contributed by atoms with van der Waals surface area (Å²) >= 11 is 0. The summed E-state index contributed by atoms with van der Waals surface area (Å²) in [6.45, 7) is 6.54. The van der Waals surface area contributed by atoms with Crippen molar-refractivity contribution in [1.29, 1.82) is 5.26 Å². The van der Waals surface area contributed by atoms with E-state index in [1.165, 1.54) is 23.4 Å². The van der Waals surface area contributed by atoms with Crippen molar-refractivity contribution in [3.63, 3.8) is 0 Å². The molecule has 0 atom stereocenters. The maximum Gasteiger partial charge on any atom is 0.417 e. The number of hydrogen-bond acceptors (Lipinski definition) is 9. The van der Waals surface area contributed by atoms with Crippen LogP contribution in [0.4, 0.5) is 18.9 Å². The molecule has 1 saturated heterocycles. The molecule has 2 aliphatic rings. The fourth-order valence-corrected chi connectivity index (χ4v) is 6.86. The molecule has 0 aromatic heterocycles. The van der Waals surface area contributed by atoms with Gasteiger partial charge in [-0.3, -0.25) is 9.59 Å². The van der Waals surface area contributed by atoms with Crippen molar-refractivity contribution in [2.75, 3.05) is 83.5 Å². The number of amides is 2. The maximum absolute atomic E-state index is 13.4. The minimum Gasteiger partial charge on any atom is -0.382 e. The number of anilines is 1. The molecular weight excluding hydrogens is 641 g/mol. The molecule has 15 heteroatoms. The normalized spacial score (nSPS) is 16.8. The van der Waals surface area contributed by atoms with Crippen LogP contribution in [-0.2, 0) is 40.0 Å². The van der Waals surface area contributed by atoms with Crippen LogP contribution in [0.25, 0.3) is 0 Å². The molecule has 0 radical (unpaired) electrons. The molecule has 1 aromatic rings. The van der Waals surface area contributed by atoms with E-state index in [-0.39, 0.29) is 23.6 Å². The molecule has 0 spiro atoms.